The molecular formula is C6H3Cl3S3. The van der Waals surface area contributed by atoms with Crippen LogP contribution < -0.4 is 0 Å². The summed E-state index contributed by atoms with van der Waals surface area (Å²) in [6.07, 6.45) is 0. The zero-order chi connectivity index (χ0) is 8.97. The average molecular weight is 278 g/mol. The van der Waals surface area contributed by atoms with Gasteiger partial charge in [-0.05, 0) is 83.2 Å². The lowest BCUT2D eigenvalue weighted by atomic mass is 10.4. The quantitative estimate of drug-likeness (QED) is 0.723. The highest BCUT2D eigenvalue weighted by Crippen LogP contribution is 2.38. The smallest absolute Gasteiger partial charge is 0.0393 e. The molecule has 0 unspecified atom stereocenters. The van der Waals surface area contributed by atoms with Gasteiger partial charge in [-0.2, -0.15) is 0 Å². The van der Waals surface area contributed by atoms with Crippen LogP contribution >= 0.6 is 65.0 Å². The van der Waals surface area contributed by atoms with E-state index >= 15 is 0 Å². The molecule has 1 aromatic rings. The Hall–Kier alpha value is 1.14. The molecule has 66 valence electrons. The molecule has 0 bridgehead atoms. The minimum absolute atomic E-state index is 0.933. The highest BCUT2D eigenvalue weighted by molar-refractivity contribution is 8.23. The molecule has 0 fully saturated rings. The predicted molar refractivity (Wildman–Crippen MR) is 61.6 cm³/mol. The fourth-order valence-electron chi connectivity index (χ4n) is 0.660. The summed E-state index contributed by atoms with van der Waals surface area (Å²) in [7, 11) is 20.3. The average Bonchev–Trinajstić information content (AvgIpc) is 2.16. The summed E-state index contributed by atoms with van der Waals surface area (Å²) in [5.41, 5.74) is 0. The summed E-state index contributed by atoms with van der Waals surface area (Å²) >= 11 is 0. The fraction of sp³-hybridized carbons (Fsp3) is 0. The molecule has 0 spiro atoms. The SMILES string of the molecule is ClSc1ccc(SCl)c(SCl)c1. The van der Waals surface area contributed by atoms with Crippen LogP contribution in [0.2, 0.25) is 0 Å². The summed E-state index contributed by atoms with van der Waals surface area (Å²) in [5, 5.41) is 0. The Kier molecular flexibility index (Phi) is 5.41. The van der Waals surface area contributed by atoms with E-state index in [1.807, 2.05) is 18.2 Å². The molecule has 12 heavy (non-hydrogen) atoms. The summed E-state index contributed by atoms with van der Waals surface area (Å²) in [6, 6.07) is 5.70. The highest BCUT2D eigenvalue weighted by atomic mass is 35.7. The lowest BCUT2D eigenvalue weighted by molar-refractivity contribution is 1.20. The van der Waals surface area contributed by atoms with E-state index in [1.54, 1.807) is 0 Å². The van der Waals surface area contributed by atoms with Gasteiger partial charge in [-0.3, -0.25) is 0 Å². The molecule has 0 amide bonds. The first-order chi connectivity index (χ1) is 5.81. The van der Waals surface area contributed by atoms with Crippen molar-refractivity contribution in [1.29, 1.82) is 0 Å². The van der Waals surface area contributed by atoms with Gasteiger partial charge >= 0.3 is 0 Å². The van der Waals surface area contributed by atoms with Crippen LogP contribution in [0.15, 0.2) is 32.9 Å². The third-order valence-electron chi connectivity index (χ3n) is 1.17. The van der Waals surface area contributed by atoms with Crippen LogP contribution in [0.3, 0.4) is 0 Å². The van der Waals surface area contributed by atoms with E-state index in [0.717, 1.165) is 36.6 Å². The lowest BCUT2D eigenvalue weighted by Gasteiger charge is -2.02. The van der Waals surface area contributed by atoms with Crippen LogP contribution in [0.25, 0.3) is 0 Å². The number of benzene rings is 1. The van der Waals surface area contributed by atoms with Crippen molar-refractivity contribution < 1.29 is 0 Å². The predicted octanol–water partition coefficient (Wildman–Crippen LogP) is 5.42. The van der Waals surface area contributed by atoms with Crippen LogP contribution in [0.4, 0.5) is 0 Å². The van der Waals surface area contributed by atoms with Crippen molar-refractivity contribution in [2.75, 3.05) is 0 Å². The van der Waals surface area contributed by atoms with E-state index in [2.05, 4.69) is 0 Å². The molecule has 0 aromatic heterocycles. The van der Waals surface area contributed by atoms with Gasteiger partial charge < -0.3 is 0 Å². The monoisotopic (exact) mass is 276 g/mol. The molecule has 0 atom stereocenters. The first kappa shape index (κ1) is 11.2. The zero-order valence-corrected chi connectivity index (χ0v) is 10.3. The molecule has 0 saturated heterocycles. The Morgan fingerprint density at radius 2 is 1.50 bits per heavy atom. The van der Waals surface area contributed by atoms with E-state index in [-0.39, 0.29) is 0 Å². The van der Waals surface area contributed by atoms with Crippen LogP contribution in [-0.2, 0) is 0 Å². The molecule has 0 aliphatic carbocycles. The topological polar surface area (TPSA) is 0 Å². The van der Waals surface area contributed by atoms with Crippen LogP contribution in [0.1, 0.15) is 0 Å². The van der Waals surface area contributed by atoms with E-state index in [0.29, 0.717) is 0 Å². The standard InChI is InChI=1S/C6H3Cl3S3/c7-10-4-1-2-5(11-8)6(3-4)12-9/h1-3H. The van der Waals surface area contributed by atoms with Gasteiger partial charge in [0.2, 0.25) is 0 Å². The first-order valence-corrected chi connectivity index (χ1v) is 7.74. The maximum atomic E-state index is 5.63. The second kappa shape index (κ2) is 5.78. The molecule has 0 aliphatic rings. The summed E-state index contributed by atoms with van der Waals surface area (Å²) in [6.45, 7) is 0. The molecule has 1 aromatic carbocycles. The molecule has 0 nitrogen and oxygen atoms in total. The Bertz CT molecular complexity index is 266. The number of hydrogen-bond donors (Lipinski definition) is 0. The fourth-order valence-corrected chi connectivity index (χ4v) is 3.19. The third kappa shape index (κ3) is 2.82. The molecule has 0 radical (unpaired) electrons. The van der Waals surface area contributed by atoms with Gasteiger partial charge in [0.15, 0.2) is 0 Å². The molecule has 6 heteroatoms. The van der Waals surface area contributed by atoms with Crippen LogP contribution in [-0.4, -0.2) is 0 Å². The Balaban J connectivity index is 3.02. The van der Waals surface area contributed by atoms with Gasteiger partial charge in [0.25, 0.3) is 0 Å². The van der Waals surface area contributed by atoms with Gasteiger partial charge in [-0.15, -0.1) is 0 Å². The van der Waals surface area contributed by atoms with Gasteiger partial charge in [-0.25, -0.2) is 0 Å². The molecular weight excluding hydrogens is 275 g/mol. The summed E-state index contributed by atoms with van der Waals surface area (Å²) < 4.78 is 0. The van der Waals surface area contributed by atoms with E-state index in [9.17, 15) is 0 Å². The molecule has 0 saturated carbocycles. The minimum atomic E-state index is 0.933. The number of halogens is 3. The lowest BCUT2D eigenvalue weighted by Crippen LogP contribution is -1.74. The van der Waals surface area contributed by atoms with Crippen molar-refractivity contribution in [3.63, 3.8) is 0 Å². The molecule has 0 heterocycles. The molecule has 0 aliphatic heterocycles. The van der Waals surface area contributed by atoms with Crippen molar-refractivity contribution in [3.8, 4) is 0 Å². The maximum absolute atomic E-state index is 5.63. The van der Waals surface area contributed by atoms with Crippen molar-refractivity contribution in [1.82, 2.24) is 0 Å². The molecule has 1 rings (SSSR count). The second-order valence-corrected chi connectivity index (χ2v) is 5.04. The largest absolute Gasteiger partial charge is 0.0461 e. The van der Waals surface area contributed by atoms with Crippen molar-refractivity contribution in [2.45, 2.75) is 14.7 Å². The Morgan fingerprint density at radius 1 is 0.833 bits per heavy atom. The van der Waals surface area contributed by atoms with Crippen molar-refractivity contribution >= 4 is 65.0 Å². The molecule has 0 N–H and O–H groups in total. The van der Waals surface area contributed by atoms with Crippen molar-refractivity contribution in [2.24, 2.45) is 0 Å². The summed E-state index contributed by atoms with van der Waals surface area (Å²) in [4.78, 5) is 2.85. The van der Waals surface area contributed by atoms with Gasteiger partial charge in [0.05, 0.1) is 0 Å². The number of hydrogen-bond acceptors (Lipinski definition) is 3. The highest BCUT2D eigenvalue weighted by Gasteiger charge is 2.03. The first-order valence-electron chi connectivity index (χ1n) is 2.81. The number of rotatable bonds is 3. The normalized spacial score (nSPS) is 10.2. The Labute approximate surface area is 97.2 Å². The van der Waals surface area contributed by atoms with Gasteiger partial charge in [0.1, 0.15) is 0 Å². The summed E-state index contributed by atoms with van der Waals surface area (Å²) in [5.74, 6) is 0. The second-order valence-electron chi connectivity index (χ2n) is 1.84. The van der Waals surface area contributed by atoms with E-state index in [1.165, 1.54) is 11.0 Å². The minimum Gasteiger partial charge on any atom is -0.0461 e. The maximum Gasteiger partial charge on any atom is 0.0393 e. The zero-order valence-electron chi connectivity index (χ0n) is 5.59. The van der Waals surface area contributed by atoms with Crippen LogP contribution in [0, 0.1) is 0 Å². The van der Waals surface area contributed by atoms with Gasteiger partial charge in [0, 0.05) is 14.7 Å². The van der Waals surface area contributed by atoms with Gasteiger partial charge in [-0.1, -0.05) is 0 Å². The van der Waals surface area contributed by atoms with E-state index in [4.69, 9.17) is 32.0 Å². The van der Waals surface area contributed by atoms with E-state index < -0.39 is 0 Å². The van der Waals surface area contributed by atoms with Crippen LogP contribution in [0.5, 0.6) is 0 Å². The third-order valence-corrected chi connectivity index (χ3v) is 4.29. The Morgan fingerprint density at radius 3 is 2.00 bits per heavy atom. The van der Waals surface area contributed by atoms with Crippen molar-refractivity contribution in [3.05, 3.63) is 18.2 Å².